The third kappa shape index (κ3) is 4.29. The van der Waals surface area contributed by atoms with Crippen molar-refractivity contribution >= 4 is 23.9 Å². The molecule has 2 aromatic rings. The average Bonchev–Trinajstić information content (AvgIpc) is 2.58. The summed E-state index contributed by atoms with van der Waals surface area (Å²) in [5.74, 6) is 3.24. The minimum atomic E-state index is -0.288. The first-order chi connectivity index (χ1) is 11.7. The van der Waals surface area contributed by atoms with Crippen LogP contribution in [-0.2, 0) is 0 Å². The second-order valence-electron chi connectivity index (χ2n) is 5.28. The van der Waals surface area contributed by atoms with Crippen LogP contribution in [0.1, 0.15) is 15.9 Å². The third-order valence-electron chi connectivity index (χ3n) is 3.48. The Balaban J connectivity index is 1.59. The summed E-state index contributed by atoms with van der Waals surface area (Å²) in [7, 11) is 1.56. The van der Waals surface area contributed by atoms with Gasteiger partial charge < -0.3 is 9.47 Å². The zero-order chi connectivity index (χ0) is 16.8. The molecule has 5 nitrogen and oxygen atoms in total. The van der Waals surface area contributed by atoms with E-state index in [1.807, 2.05) is 36.0 Å². The van der Waals surface area contributed by atoms with Crippen molar-refractivity contribution in [3.05, 3.63) is 59.7 Å². The minimum absolute atomic E-state index is 0.288. The Bertz CT molecular complexity index is 745. The summed E-state index contributed by atoms with van der Waals surface area (Å²) in [6.45, 7) is 0. The van der Waals surface area contributed by atoms with Crippen LogP contribution in [0.2, 0.25) is 0 Å². The molecule has 0 aliphatic carbocycles. The van der Waals surface area contributed by atoms with E-state index in [0.717, 1.165) is 22.8 Å². The molecule has 24 heavy (non-hydrogen) atoms. The SMILES string of the molecule is COc1cccc(C(=O)N/N=C\c2cccc(OC3CSC3)c2)c1. The molecule has 1 aliphatic rings. The van der Waals surface area contributed by atoms with Crippen molar-refractivity contribution in [1.82, 2.24) is 5.43 Å². The van der Waals surface area contributed by atoms with E-state index in [2.05, 4.69) is 10.5 Å². The van der Waals surface area contributed by atoms with Crippen LogP contribution >= 0.6 is 11.8 Å². The summed E-state index contributed by atoms with van der Waals surface area (Å²) in [5.41, 5.74) is 3.87. The largest absolute Gasteiger partial charge is 0.497 e. The highest BCUT2D eigenvalue weighted by atomic mass is 32.2. The second kappa shape index (κ2) is 7.88. The van der Waals surface area contributed by atoms with E-state index >= 15 is 0 Å². The molecule has 0 saturated carbocycles. The van der Waals surface area contributed by atoms with E-state index < -0.39 is 0 Å². The van der Waals surface area contributed by atoms with Crippen LogP contribution in [0.4, 0.5) is 0 Å². The maximum atomic E-state index is 12.1. The molecule has 1 N–H and O–H groups in total. The number of methoxy groups -OCH3 is 1. The Labute approximate surface area is 145 Å². The molecule has 0 radical (unpaired) electrons. The van der Waals surface area contributed by atoms with E-state index in [1.165, 1.54) is 0 Å². The first-order valence-corrected chi connectivity index (χ1v) is 8.72. The monoisotopic (exact) mass is 342 g/mol. The van der Waals surface area contributed by atoms with Gasteiger partial charge in [0.1, 0.15) is 17.6 Å². The number of nitrogens with one attached hydrogen (secondary N) is 1. The molecule has 1 heterocycles. The fourth-order valence-corrected chi connectivity index (χ4v) is 2.70. The van der Waals surface area contributed by atoms with Gasteiger partial charge >= 0.3 is 0 Å². The van der Waals surface area contributed by atoms with Gasteiger partial charge in [-0.05, 0) is 35.9 Å². The first-order valence-electron chi connectivity index (χ1n) is 7.56. The Kier molecular flexibility index (Phi) is 5.38. The third-order valence-corrected chi connectivity index (χ3v) is 4.69. The Morgan fingerprint density at radius 2 is 2.00 bits per heavy atom. The zero-order valence-corrected chi connectivity index (χ0v) is 14.1. The lowest BCUT2D eigenvalue weighted by atomic mass is 10.2. The van der Waals surface area contributed by atoms with Gasteiger partial charge in [0.15, 0.2) is 0 Å². The molecule has 0 spiro atoms. The summed E-state index contributed by atoms with van der Waals surface area (Å²) in [5, 5.41) is 4.00. The fraction of sp³-hybridized carbons (Fsp3) is 0.222. The summed E-state index contributed by atoms with van der Waals surface area (Å²) in [6, 6.07) is 14.6. The summed E-state index contributed by atoms with van der Waals surface area (Å²) in [6.07, 6.45) is 1.90. The maximum Gasteiger partial charge on any atom is 0.271 e. The topological polar surface area (TPSA) is 59.9 Å². The normalized spacial score (nSPS) is 14.2. The molecule has 124 valence electrons. The van der Waals surface area contributed by atoms with Gasteiger partial charge in [-0.25, -0.2) is 5.43 Å². The molecular formula is C18H18N2O3S. The molecule has 1 saturated heterocycles. The van der Waals surface area contributed by atoms with Crippen molar-refractivity contribution in [2.45, 2.75) is 6.10 Å². The van der Waals surface area contributed by atoms with Crippen LogP contribution in [0.5, 0.6) is 11.5 Å². The van der Waals surface area contributed by atoms with Gasteiger partial charge in [-0.15, -0.1) is 0 Å². The predicted molar refractivity (Wildman–Crippen MR) is 96.2 cm³/mol. The lowest BCUT2D eigenvalue weighted by molar-refractivity contribution is 0.0955. The number of carbonyl (C=O) groups excluding carboxylic acids is 1. The zero-order valence-electron chi connectivity index (χ0n) is 13.3. The lowest BCUT2D eigenvalue weighted by Gasteiger charge is -2.25. The summed E-state index contributed by atoms with van der Waals surface area (Å²) in [4.78, 5) is 12.1. The van der Waals surface area contributed by atoms with Crippen LogP contribution in [0.15, 0.2) is 53.6 Å². The van der Waals surface area contributed by atoms with Crippen molar-refractivity contribution in [3.63, 3.8) is 0 Å². The minimum Gasteiger partial charge on any atom is -0.497 e. The molecule has 3 rings (SSSR count). The molecule has 1 aliphatic heterocycles. The van der Waals surface area contributed by atoms with E-state index in [-0.39, 0.29) is 5.91 Å². The lowest BCUT2D eigenvalue weighted by Crippen LogP contribution is -2.31. The van der Waals surface area contributed by atoms with Crippen LogP contribution in [0, 0.1) is 0 Å². The van der Waals surface area contributed by atoms with Crippen LogP contribution < -0.4 is 14.9 Å². The van der Waals surface area contributed by atoms with Gasteiger partial charge in [-0.1, -0.05) is 18.2 Å². The molecule has 2 aromatic carbocycles. The smallest absolute Gasteiger partial charge is 0.271 e. The van der Waals surface area contributed by atoms with Gasteiger partial charge in [-0.3, -0.25) is 4.79 Å². The van der Waals surface area contributed by atoms with E-state index in [0.29, 0.717) is 17.4 Å². The average molecular weight is 342 g/mol. The highest BCUT2D eigenvalue weighted by Crippen LogP contribution is 2.24. The number of amides is 1. The number of carbonyl (C=O) groups is 1. The number of nitrogens with zero attached hydrogens (tertiary/aromatic N) is 1. The number of thioether (sulfide) groups is 1. The Morgan fingerprint density at radius 3 is 2.75 bits per heavy atom. The van der Waals surface area contributed by atoms with Crippen molar-refractivity contribution < 1.29 is 14.3 Å². The number of hydrogen-bond acceptors (Lipinski definition) is 5. The van der Waals surface area contributed by atoms with Gasteiger partial charge in [-0.2, -0.15) is 16.9 Å². The van der Waals surface area contributed by atoms with Gasteiger partial charge in [0.25, 0.3) is 5.91 Å². The molecule has 0 aromatic heterocycles. The molecule has 6 heteroatoms. The van der Waals surface area contributed by atoms with Crippen LogP contribution in [0.25, 0.3) is 0 Å². The predicted octanol–water partition coefficient (Wildman–Crippen LogP) is 2.95. The summed E-state index contributed by atoms with van der Waals surface area (Å²) >= 11 is 1.88. The Morgan fingerprint density at radius 1 is 1.21 bits per heavy atom. The van der Waals surface area contributed by atoms with Crippen molar-refractivity contribution in [2.75, 3.05) is 18.6 Å². The molecule has 0 bridgehead atoms. The van der Waals surface area contributed by atoms with E-state index in [9.17, 15) is 4.79 Å². The number of rotatable bonds is 6. The molecule has 1 fully saturated rings. The standard InChI is InChI=1S/C18H18N2O3S/c1-22-15-6-3-5-14(9-15)18(21)20-19-10-13-4-2-7-16(8-13)23-17-11-24-12-17/h2-10,17H,11-12H2,1H3,(H,20,21)/b19-10-. The van der Waals surface area contributed by atoms with Crippen molar-refractivity contribution in [2.24, 2.45) is 5.10 Å². The van der Waals surface area contributed by atoms with Crippen molar-refractivity contribution in [3.8, 4) is 11.5 Å². The quantitative estimate of drug-likeness (QED) is 0.648. The van der Waals surface area contributed by atoms with Gasteiger partial charge in [0, 0.05) is 17.1 Å². The van der Waals surface area contributed by atoms with Crippen LogP contribution in [0.3, 0.4) is 0 Å². The first kappa shape index (κ1) is 16.4. The molecule has 0 unspecified atom stereocenters. The molecule has 0 atom stereocenters. The second-order valence-corrected chi connectivity index (χ2v) is 6.36. The van der Waals surface area contributed by atoms with Gasteiger partial charge in [0.2, 0.25) is 0 Å². The van der Waals surface area contributed by atoms with Crippen LogP contribution in [-0.4, -0.2) is 36.8 Å². The Hall–Kier alpha value is -2.47. The number of ether oxygens (including phenoxy) is 2. The fourth-order valence-electron chi connectivity index (χ4n) is 2.14. The molecular weight excluding hydrogens is 324 g/mol. The highest BCUT2D eigenvalue weighted by molar-refractivity contribution is 8.00. The maximum absolute atomic E-state index is 12.1. The van der Waals surface area contributed by atoms with E-state index in [1.54, 1.807) is 37.6 Å². The van der Waals surface area contributed by atoms with E-state index in [4.69, 9.17) is 9.47 Å². The highest BCUT2D eigenvalue weighted by Gasteiger charge is 2.19. The number of benzene rings is 2. The van der Waals surface area contributed by atoms with Gasteiger partial charge in [0.05, 0.1) is 13.3 Å². The number of hydrogen-bond donors (Lipinski definition) is 1. The summed E-state index contributed by atoms with van der Waals surface area (Å²) < 4.78 is 10.9. The molecule has 1 amide bonds. The van der Waals surface area contributed by atoms with Crippen molar-refractivity contribution in [1.29, 1.82) is 0 Å². The number of hydrazone groups is 1.